The second-order valence-electron chi connectivity index (χ2n) is 6.11. The number of nitrogens with zero attached hydrogens (tertiary/aromatic N) is 2. The van der Waals surface area contributed by atoms with Crippen molar-refractivity contribution in [3.05, 3.63) is 22.4 Å². The monoisotopic (exact) mass is 509 g/mol. The average molecular weight is 509 g/mol. The first kappa shape index (κ1) is 24.1. The number of nitrogens with one attached hydrogen (secondary N) is 3. The lowest BCUT2D eigenvalue weighted by molar-refractivity contribution is -0.119. The van der Waals surface area contributed by atoms with Crippen LogP contribution in [0.1, 0.15) is 31.2 Å². The summed E-state index contributed by atoms with van der Waals surface area (Å²) in [6.45, 7) is 9.77. The molecule has 27 heavy (non-hydrogen) atoms. The highest BCUT2D eigenvalue weighted by molar-refractivity contribution is 14.0. The Morgan fingerprint density at radius 1 is 1.30 bits per heavy atom. The van der Waals surface area contributed by atoms with E-state index < -0.39 is 0 Å². The molecule has 0 bridgehead atoms. The number of rotatable bonds is 9. The van der Waals surface area contributed by atoms with Crippen LogP contribution in [0, 0.1) is 0 Å². The molecule has 1 aliphatic heterocycles. The number of carbonyl (C=O) groups excluding carboxylic acids is 1. The Hall–Kier alpha value is -0.910. The number of ether oxygens (including phenoxy) is 1. The summed E-state index contributed by atoms with van der Waals surface area (Å²) in [4.78, 5) is 20.0. The third-order valence-electron chi connectivity index (χ3n) is 4.12. The molecule has 1 unspecified atom stereocenters. The second-order valence-corrected chi connectivity index (χ2v) is 7.08. The molecule has 0 spiro atoms. The lowest BCUT2D eigenvalue weighted by atomic mass is 10.2. The number of thiophene rings is 1. The minimum atomic E-state index is -0.0490. The van der Waals surface area contributed by atoms with Gasteiger partial charge in [-0.15, -0.1) is 35.3 Å². The Bertz CT molecular complexity index is 550. The third-order valence-corrected chi connectivity index (χ3v) is 5.09. The summed E-state index contributed by atoms with van der Waals surface area (Å²) in [6, 6.07) is 4.54. The van der Waals surface area contributed by atoms with Crippen molar-refractivity contribution in [2.45, 2.75) is 26.3 Å². The zero-order chi connectivity index (χ0) is 18.6. The van der Waals surface area contributed by atoms with Gasteiger partial charge in [-0.2, -0.15) is 0 Å². The summed E-state index contributed by atoms with van der Waals surface area (Å²) in [5, 5.41) is 11.6. The number of halogens is 1. The molecule has 1 amide bonds. The summed E-state index contributed by atoms with van der Waals surface area (Å²) in [7, 11) is 0. The number of hydrogen-bond acceptors (Lipinski definition) is 5. The van der Waals surface area contributed by atoms with Gasteiger partial charge in [-0.3, -0.25) is 9.69 Å². The number of hydrogen-bond donors (Lipinski definition) is 3. The van der Waals surface area contributed by atoms with Gasteiger partial charge in [0.15, 0.2) is 5.96 Å². The van der Waals surface area contributed by atoms with E-state index in [9.17, 15) is 4.79 Å². The van der Waals surface area contributed by atoms with Crippen molar-refractivity contribution in [1.82, 2.24) is 20.9 Å². The van der Waals surface area contributed by atoms with Gasteiger partial charge < -0.3 is 20.7 Å². The lowest BCUT2D eigenvalue weighted by Gasteiger charge is -2.34. The van der Waals surface area contributed by atoms with Gasteiger partial charge in [0.2, 0.25) is 5.91 Å². The van der Waals surface area contributed by atoms with Crippen molar-refractivity contribution in [3.63, 3.8) is 0 Å². The number of guanidine groups is 1. The maximum absolute atomic E-state index is 11.8. The van der Waals surface area contributed by atoms with Crippen LogP contribution in [-0.2, 0) is 9.53 Å². The molecule has 0 saturated carbocycles. The standard InChI is InChI=1S/C18H31N5O2S.HI/c1-3-7-20-17(24)14-22-18(19-4-2)21-13-15(16-6-5-12-26-16)23-8-10-25-11-9-23;/h5-6,12,15H,3-4,7-11,13-14H2,1-2H3,(H,20,24)(H2,19,21,22);1H. The molecule has 0 radical (unpaired) electrons. The Labute approximate surface area is 183 Å². The van der Waals surface area contributed by atoms with Crippen LogP contribution in [0.15, 0.2) is 22.5 Å². The lowest BCUT2D eigenvalue weighted by Crippen LogP contribution is -2.46. The fourth-order valence-electron chi connectivity index (χ4n) is 2.79. The van der Waals surface area contributed by atoms with E-state index in [4.69, 9.17) is 4.74 Å². The van der Waals surface area contributed by atoms with Crippen LogP contribution in [0.25, 0.3) is 0 Å². The van der Waals surface area contributed by atoms with Crippen molar-refractivity contribution in [2.75, 3.05) is 52.5 Å². The van der Waals surface area contributed by atoms with Gasteiger partial charge >= 0.3 is 0 Å². The van der Waals surface area contributed by atoms with Gasteiger partial charge in [0.1, 0.15) is 6.54 Å². The first-order valence-electron chi connectivity index (χ1n) is 9.38. The summed E-state index contributed by atoms with van der Waals surface area (Å²) < 4.78 is 5.49. The third kappa shape index (κ3) is 8.75. The molecule has 0 aliphatic carbocycles. The van der Waals surface area contributed by atoms with Crippen molar-refractivity contribution < 1.29 is 9.53 Å². The fourth-order valence-corrected chi connectivity index (χ4v) is 3.65. The summed E-state index contributed by atoms with van der Waals surface area (Å²) >= 11 is 1.77. The minimum absolute atomic E-state index is 0. The molecule has 1 saturated heterocycles. The average Bonchev–Trinajstić information content (AvgIpc) is 3.19. The van der Waals surface area contributed by atoms with Crippen LogP contribution >= 0.6 is 35.3 Å². The molecule has 7 nitrogen and oxygen atoms in total. The van der Waals surface area contributed by atoms with E-state index in [0.29, 0.717) is 12.5 Å². The van der Waals surface area contributed by atoms with Gasteiger partial charge in [-0.1, -0.05) is 13.0 Å². The van der Waals surface area contributed by atoms with Crippen LogP contribution in [-0.4, -0.2) is 69.2 Å². The van der Waals surface area contributed by atoms with Crippen LogP contribution in [0.3, 0.4) is 0 Å². The van der Waals surface area contributed by atoms with Gasteiger partial charge in [-0.25, -0.2) is 4.99 Å². The minimum Gasteiger partial charge on any atom is -0.379 e. The summed E-state index contributed by atoms with van der Waals surface area (Å²) in [5.74, 6) is 0.626. The van der Waals surface area contributed by atoms with E-state index in [1.54, 1.807) is 11.3 Å². The smallest absolute Gasteiger partial charge is 0.241 e. The van der Waals surface area contributed by atoms with Gasteiger partial charge in [0.05, 0.1) is 19.3 Å². The Morgan fingerprint density at radius 3 is 2.70 bits per heavy atom. The van der Waals surface area contributed by atoms with Gasteiger partial charge in [0, 0.05) is 37.6 Å². The SMILES string of the molecule is CCCNC(=O)CN=C(NCC)NCC(c1cccs1)N1CCOCC1.I. The number of morpholine rings is 1. The molecule has 2 heterocycles. The van der Waals surface area contributed by atoms with Crippen LogP contribution < -0.4 is 16.0 Å². The molecule has 1 aliphatic rings. The molecule has 0 aromatic carbocycles. The Morgan fingerprint density at radius 2 is 2.07 bits per heavy atom. The first-order chi connectivity index (χ1) is 12.7. The second kappa shape index (κ2) is 14.1. The van der Waals surface area contributed by atoms with Crippen molar-refractivity contribution in [3.8, 4) is 0 Å². The van der Waals surface area contributed by atoms with E-state index in [2.05, 4.69) is 43.4 Å². The van der Waals surface area contributed by atoms with Crippen LogP contribution in [0.2, 0.25) is 0 Å². The normalized spacial score (nSPS) is 16.3. The van der Waals surface area contributed by atoms with Crippen LogP contribution in [0.5, 0.6) is 0 Å². The highest BCUT2D eigenvalue weighted by atomic mass is 127. The van der Waals surface area contributed by atoms with E-state index in [1.165, 1.54) is 4.88 Å². The van der Waals surface area contributed by atoms with Gasteiger partial charge in [-0.05, 0) is 24.8 Å². The Kier molecular flexibility index (Phi) is 12.6. The topological polar surface area (TPSA) is 78.0 Å². The van der Waals surface area contributed by atoms with E-state index >= 15 is 0 Å². The van der Waals surface area contributed by atoms with E-state index in [-0.39, 0.29) is 42.5 Å². The molecule has 154 valence electrons. The highest BCUT2D eigenvalue weighted by Crippen LogP contribution is 2.25. The molecule has 3 N–H and O–H groups in total. The molecular formula is C18H32IN5O2S. The first-order valence-corrected chi connectivity index (χ1v) is 10.3. The van der Waals surface area contributed by atoms with E-state index in [1.807, 2.05) is 13.8 Å². The zero-order valence-electron chi connectivity index (χ0n) is 16.2. The predicted octanol–water partition coefficient (Wildman–Crippen LogP) is 1.82. The maximum Gasteiger partial charge on any atom is 0.241 e. The van der Waals surface area contributed by atoms with Gasteiger partial charge in [0.25, 0.3) is 0 Å². The van der Waals surface area contributed by atoms with Crippen molar-refractivity contribution in [1.29, 1.82) is 0 Å². The summed E-state index contributed by atoms with van der Waals surface area (Å²) in [5.41, 5.74) is 0. The molecule has 1 atom stereocenters. The molecule has 2 rings (SSSR count). The summed E-state index contributed by atoms with van der Waals surface area (Å²) in [6.07, 6.45) is 0.926. The number of amides is 1. The molecule has 1 fully saturated rings. The van der Waals surface area contributed by atoms with Crippen molar-refractivity contribution in [2.24, 2.45) is 4.99 Å². The molecular weight excluding hydrogens is 477 g/mol. The quantitative estimate of drug-likeness (QED) is 0.269. The number of aliphatic imine (C=N–C) groups is 1. The predicted molar refractivity (Wildman–Crippen MR) is 122 cm³/mol. The molecule has 1 aromatic rings. The highest BCUT2D eigenvalue weighted by Gasteiger charge is 2.23. The number of carbonyl (C=O) groups is 1. The fraction of sp³-hybridized carbons (Fsp3) is 0.667. The maximum atomic E-state index is 11.8. The molecule has 1 aromatic heterocycles. The molecule has 9 heteroatoms. The van der Waals surface area contributed by atoms with Crippen molar-refractivity contribution >= 4 is 47.2 Å². The Balaban J connectivity index is 0.00000364. The zero-order valence-corrected chi connectivity index (χ0v) is 19.3. The van der Waals surface area contributed by atoms with Crippen LogP contribution in [0.4, 0.5) is 0 Å². The van der Waals surface area contributed by atoms with E-state index in [0.717, 1.165) is 45.8 Å². The largest absolute Gasteiger partial charge is 0.379 e.